The van der Waals surface area contributed by atoms with Crippen LogP contribution in [0.2, 0.25) is 0 Å². The van der Waals surface area contributed by atoms with Gasteiger partial charge in [-0.05, 0) is 31.7 Å². The molecule has 0 amide bonds. The Hall–Kier alpha value is -1.63. The highest BCUT2D eigenvalue weighted by Gasteiger charge is 2.31. The van der Waals surface area contributed by atoms with Gasteiger partial charge >= 0.3 is 0 Å². The van der Waals surface area contributed by atoms with Crippen molar-refractivity contribution in [2.75, 3.05) is 11.9 Å². The van der Waals surface area contributed by atoms with Crippen LogP contribution in [0.4, 0.5) is 5.82 Å². The molecule has 1 saturated carbocycles. The topological polar surface area (TPSA) is 52.8 Å². The third-order valence-electron chi connectivity index (χ3n) is 3.07. The van der Waals surface area contributed by atoms with Crippen molar-refractivity contribution < 1.29 is 0 Å². The summed E-state index contributed by atoms with van der Waals surface area (Å²) >= 11 is 0. The quantitative estimate of drug-likeness (QED) is 0.746. The molecule has 0 spiro atoms. The summed E-state index contributed by atoms with van der Waals surface area (Å²) in [5.41, 5.74) is 0.597. The van der Waals surface area contributed by atoms with Gasteiger partial charge in [0, 0.05) is 13.1 Å². The number of aromatic nitrogens is 2. The fourth-order valence-electron chi connectivity index (χ4n) is 1.76. The van der Waals surface area contributed by atoms with E-state index < -0.39 is 0 Å². The van der Waals surface area contributed by atoms with Crippen molar-refractivity contribution in [2.24, 2.45) is 5.92 Å². The largest absolute Gasteiger partial charge is 0.354 e. The lowest BCUT2D eigenvalue weighted by Crippen LogP contribution is -2.32. The fraction of sp³-hybridized carbons (Fsp3) is 0.545. The average molecular weight is 202 g/mol. The molecule has 1 aromatic rings. The molecule has 78 valence electrons. The molecule has 1 fully saturated rings. The summed E-state index contributed by atoms with van der Waals surface area (Å²) in [6, 6.07) is 4.29. The molecule has 1 aliphatic rings. The van der Waals surface area contributed by atoms with E-state index in [-0.39, 0.29) is 0 Å². The monoisotopic (exact) mass is 202 g/mol. The molecule has 0 aliphatic heterocycles. The number of nitrogens with zero attached hydrogens (tertiary/aromatic N) is 4. The molecule has 0 N–H and O–H groups in total. The van der Waals surface area contributed by atoms with E-state index in [2.05, 4.69) is 28.1 Å². The lowest BCUT2D eigenvalue weighted by Gasteiger charge is -2.25. The summed E-state index contributed by atoms with van der Waals surface area (Å²) in [5.74, 6) is 1.45. The van der Waals surface area contributed by atoms with E-state index in [1.54, 1.807) is 12.3 Å². The first-order valence-electron chi connectivity index (χ1n) is 5.18. The maximum absolute atomic E-state index is 8.96. The molecule has 0 bridgehead atoms. The van der Waals surface area contributed by atoms with E-state index in [4.69, 9.17) is 5.26 Å². The minimum atomic E-state index is 0.439. The van der Waals surface area contributed by atoms with Gasteiger partial charge in [-0.15, -0.1) is 5.10 Å². The molecule has 0 radical (unpaired) electrons. The molecule has 1 aliphatic carbocycles. The minimum absolute atomic E-state index is 0.439. The van der Waals surface area contributed by atoms with Crippen LogP contribution in [0, 0.1) is 17.2 Å². The number of anilines is 1. The first kappa shape index (κ1) is 9.91. The highest BCUT2D eigenvalue weighted by atomic mass is 15.3. The first-order valence-corrected chi connectivity index (χ1v) is 5.18. The van der Waals surface area contributed by atoms with Crippen LogP contribution in [0.5, 0.6) is 0 Å². The molecule has 15 heavy (non-hydrogen) atoms. The van der Waals surface area contributed by atoms with Gasteiger partial charge in [0.25, 0.3) is 0 Å². The van der Waals surface area contributed by atoms with Gasteiger partial charge in [0.1, 0.15) is 6.07 Å². The summed E-state index contributed by atoms with van der Waals surface area (Å²) in [4.78, 5) is 2.06. The van der Waals surface area contributed by atoms with Crippen LogP contribution in [0.3, 0.4) is 0 Å². The van der Waals surface area contributed by atoms with Gasteiger partial charge < -0.3 is 4.90 Å². The maximum atomic E-state index is 8.96. The Morgan fingerprint density at radius 2 is 2.33 bits per heavy atom. The van der Waals surface area contributed by atoms with Gasteiger partial charge in [0.2, 0.25) is 0 Å². The normalized spacial score (nSPS) is 16.9. The summed E-state index contributed by atoms with van der Waals surface area (Å²) in [6.45, 7) is 2.17. The molecule has 1 heterocycles. The average Bonchev–Trinajstić information content (AvgIpc) is 3.11. The van der Waals surface area contributed by atoms with Gasteiger partial charge in [-0.1, -0.05) is 0 Å². The van der Waals surface area contributed by atoms with Crippen molar-refractivity contribution in [2.45, 2.75) is 25.8 Å². The van der Waals surface area contributed by atoms with Crippen molar-refractivity contribution in [1.29, 1.82) is 5.26 Å². The molecular formula is C11H14N4. The Bertz CT molecular complexity index is 392. The van der Waals surface area contributed by atoms with Gasteiger partial charge in [-0.25, -0.2) is 0 Å². The highest BCUT2D eigenvalue weighted by Crippen LogP contribution is 2.36. The van der Waals surface area contributed by atoms with Crippen molar-refractivity contribution in [3.8, 4) is 6.07 Å². The van der Waals surface area contributed by atoms with E-state index >= 15 is 0 Å². The Morgan fingerprint density at radius 3 is 2.93 bits per heavy atom. The smallest absolute Gasteiger partial charge is 0.169 e. The zero-order valence-corrected chi connectivity index (χ0v) is 9.01. The van der Waals surface area contributed by atoms with Crippen LogP contribution >= 0.6 is 0 Å². The molecular weight excluding hydrogens is 188 g/mol. The SMILES string of the molecule is CC(C1CC1)N(C)c1nnccc1C#N. The van der Waals surface area contributed by atoms with Crippen LogP contribution in [0.25, 0.3) is 0 Å². The van der Waals surface area contributed by atoms with Crippen molar-refractivity contribution in [3.05, 3.63) is 17.8 Å². The molecule has 0 saturated heterocycles. The van der Waals surface area contributed by atoms with Crippen LogP contribution in [-0.2, 0) is 0 Å². The number of hydrogen-bond acceptors (Lipinski definition) is 4. The highest BCUT2D eigenvalue weighted by molar-refractivity contribution is 5.52. The van der Waals surface area contributed by atoms with Crippen LogP contribution in [-0.4, -0.2) is 23.3 Å². The van der Waals surface area contributed by atoms with Gasteiger partial charge in [0.15, 0.2) is 5.82 Å². The zero-order chi connectivity index (χ0) is 10.8. The van der Waals surface area contributed by atoms with E-state index in [0.29, 0.717) is 17.4 Å². The number of rotatable bonds is 3. The Labute approximate surface area is 89.5 Å². The maximum Gasteiger partial charge on any atom is 0.169 e. The molecule has 2 rings (SSSR count). The molecule has 0 aromatic carbocycles. The van der Waals surface area contributed by atoms with Crippen LogP contribution in [0.1, 0.15) is 25.3 Å². The van der Waals surface area contributed by atoms with Crippen LogP contribution in [0.15, 0.2) is 12.3 Å². The van der Waals surface area contributed by atoms with Gasteiger partial charge in [0.05, 0.1) is 11.8 Å². The number of nitriles is 1. The minimum Gasteiger partial charge on any atom is -0.354 e. The van der Waals surface area contributed by atoms with Crippen molar-refractivity contribution >= 4 is 5.82 Å². The standard InChI is InChI=1S/C11H14N4/c1-8(9-3-4-9)15(2)11-10(7-12)5-6-13-14-11/h5-6,8-9H,3-4H2,1-2H3. The Balaban J connectivity index is 2.24. The molecule has 1 aromatic heterocycles. The molecule has 1 unspecified atom stereocenters. The lowest BCUT2D eigenvalue weighted by atomic mass is 10.2. The first-order chi connectivity index (χ1) is 7.24. The van der Waals surface area contributed by atoms with Crippen molar-refractivity contribution in [3.63, 3.8) is 0 Å². The second-order valence-electron chi connectivity index (χ2n) is 4.07. The molecule has 1 atom stereocenters. The predicted octanol–water partition coefficient (Wildman–Crippen LogP) is 1.58. The van der Waals surface area contributed by atoms with E-state index in [1.165, 1.54) is 12.8 Å². The Kier molecular flexibility index (Phi) is 2.55. The van der Waals surface area contributed by atoms with Crippen LogP contribution < -0.4 is 4.90 Å². The van der Waals surface area contributed by atoms with E-state index in [1.807, 2.05) is 7.05 Å². The summed E-state index contributed by atoms with van der Waals surface area (Å²) < 4.78 is 0. The summed E-state index contributed by atoms with van der Waals surface area (Å²) in [5, 5.41) is 16.8. The second-order valence-corrected chi connectivity index (χ2v) is 4.07. The number of hydrogen-bond donors (Lipinski definition) is 0. The fourth-order valence-corrected chi connectivity index (χ4v) is 1.76. The third kappa shape index (κ3) is 1.91. The lowest BCUT2D eigenvalue weighted by molar-refractivity contribution is 0.600. The second kappa shape index (κ2) is 3.85. The third-order valence-corrected chi connectivity index (χ3v) is 3.07. The predicted molar refractivity (Wildman–Crippen MR) is 57.3 cm³/mol. The van der Waals surface area contributed by atoms with E-state index in [9.17, 15) is 0 Å². The van der Waals surface area contributed by atoms with Gasteiger partial charge in [-0.3, -0.25) is 0 Å². The summed E-state index contributed by atoms with van der Waals surface area (Å²) in [6.07, 6.45) is 4.12. The van der Waals surface area contributed by atoms with Crippen molar-refractivity contribution in [1.82, 2.24) is 10.2 Å². The zero-order valence-electron chi connectivity index (χ0n) is 9.01. The Morgan fingerprint density at radius 1 is 1.60 bits per heavy atom. The molecule has 4 nitrogen and oxygen atoms in total. The van der Waals surface area contributed by atoms with Gasteiger partial charge in [-0.2, -0.15) is 10.4 Å². The molecule has 4 heteroatoms. The van der Waals surface area contributed by atoms with E-state index in [0.717, 1.165) is 5.92 Å². The summed E-state index contributed by atoms with van der Waals surface area (Å²) in [7, 11) is 1.98.